The normalized spacial score (nSPS) is 19.0. The quantitative estimate of drug-likeness (QED) is 0.632. The predicted molar refractivity (Wildman–Crippen MR) is 109 cm³/mol. The van der Waals surface area contributed by atoms with Crippen molar-refractivity contribution in [1.29, 1.82) is 0 Å². The molecule has 3 aromatic rings. The average molecular weight is 427 g/mol. The van der Waals surface area contributed by atoms with Gasteiger partial charge in [0.1, 0.15) is 17.5 Å². The van der Waals surface area contributed by atoms with E-state index in [9.17, 15) is 18.0 Å². The first-order valence-electron chi connectivity index (χ1n) is 9.77. The first-order chi connectivity index (χ1) is 14.8. The molecule has 6 nitrogen and oxygen atoms in total. The number of anilines is 2. The minimum Gasteiger partial charge on any atom is -0.349 e. The fourth-order valence-electron chi connectivity index (χ4n) is 3.85. The minimum absolute atomic E-state index is 0.0805. The van der Waals surface area contributed by atoms with E-state index < -0.39 is 17.8 Å². The van der Waals surface area contributed by atoms with Crippen LogP contribution in [0.2, 0.25) is 0 Å². The maximum atomic E-state index is 13.5. The zero-order valence-corrected chi connectivity index (χ0v) is 16.6. The van der Waals surface area contributed by atoms with Gasteiger partial charge in [0.15, 0.2) is 0 Å². The third kappa shape index (κ3) is 4.82. The second kappa shape index (κ2) is 8.33. The largest absolute Gasteiger partial charge is 0.416 e. The number of nitrogens with zero attached hydrogens (tertiary/aromatic N) is 3. The van der Waals surface area contributed by atoms with Crippen LogP contribution in [-0.4, -0.2) is 20.9 Å². The second-order valence-corrected chi connectivity index (χ2v) is 7.43. The molecule has 1 fully saturated rings. The molecule has 2 N–H and O–H groups in total. The lowest BCUT2D eigenvalue weighted by Gasteiger charge is -2.32. The summed E-state index contributed by atoms with van der Waals surface area (Å²) in [4.78, 5) is 25.0. The van der Waals surface area contributed by atoms with Crippen LogP contribution in [0.25, 0.3) is 0 Å². The number of aryl methyl sites for hydroxylation is 1. The van der Waals surface area contributed by atoms with Crippen LogP contribution < -0.4 is 10.6 Å². The van der Waals surface area contributed by atoms with Crippen molar-refractivity contribution >= 4 is 17.5 Å². The van der Waals surface area contributed by atoms with Crippen molar-refractivity contribution in [3.05, 3.63) is 77.4 Å². The number of benzene rings is 1. The number of alkyl halides is 3. The van der Waals surface area contributed by atoms with E-state index in [2.05, 4.69) is 25.6 Å². The number of hydrogen-bond acceptors (Lipinski definition) is 5. The number of carbonyl (C=O) groups is 1. The van der Waals surface area contributed by atoms with Gasteiger partial charge in [-0.1, -0.05) is 18.2 Å². The summed E-state index contributed by atoms with van der Waals surface area (Å²) < 4.78 is 40.4. The van der Waals surface area contributed by atoms with Crippen molar-refractivity contribution in [2.45, 2.75) is 37.9 Å². The number of pyridine rings is 1. The van der Waals surface area contributed by atoms with Crippen LogP contribution in [0.4, 0.5) is 24.8 Å². The van der Waals surface area contributed by atoms with Crippen molar-refractivity contribution in [1.82, 2.24) is 20.3 Å². The molecule has 2 unspecified atom stereocenters. The molecular formula is C22H20F3N5O. The Hall–Kier alpha value is -3.49. The Morgan fingerprint density at radius 2 is 1.84 bits per heavy atom. The van der Waals surface area contributed by atoms with Gasteiger partial charge in [-0.25, -0.2) is 15.0 Å². The summed E-state index contributed by atoms with van der Waals surface area (Å²) in [7, 11) is 0. The fourth-order valence-corrected chi connectivity index (χ4v) is 3.85. The van der Waals surface area contributed by atoms with Gasteiger partial charge in [-0.05, 0) is 54.7 Å². The van der Waals surface area contributed by atoms with Gasteiger partial charge in [0.2, 0.25) is 5.91 Å². The van der Waals surface area contributed by atoms with Gasteiger partial charge in [-0.15, -0.1) is 0 Å². The average Bonchev–Trinajstić information content (AvgIpc) is 2.73. The number of rotatable bonds is 4. The lowest BCUT2D eigenvalue weighted by molar-refractivity contribution is -0.139. The number of carbonyl (C=O) groups excluding carboxylic acids is 1. The number of piperidine rings is 1. The lowest BCUT2D eigenvalue weighted by Crippen LogP contribution is -2.37. The number of nitrogens with one attached hydrogen (secondary N) is 2. The molecule has 0 radical (unpaired) electrons. The van der Waals surface area contributed by atoms with E-state index in [1.807, 2.05) is 0 Å². The Morgan fingerprint density at radius 1 is 1.06 bits per heavy atom. The predicted octanol–water partition coefficient (Wildman–Crippen LogP) is 4.68. The molecule has 0 bridgehead atoms. The molecule has 1 aromatic carbocycles. The van der Waals surface area contributed by atoms with Gasteiger partial charge < -0.3 is 10.6 Å². The van der Waals surface area contributed by atoms with E-state index >= 15 is 0 Å². The van der Waals surface area contributed by atoms with Crippen molar-refractivity contribution < 1.29 is 18.0 Å². The fraction of sp³-hybridized carbons (Fsp3) is 0.273. The van der Waals surface area contributed by atoms with Crippen LogP contribution in [0.5, 0.6) is 0 Å². The highest BCUT2D eigenvalue weighted by Gasteiger charge is 2.37. The number of hydrogen-bond donors (Lipinski definition) is 2. The first kappa shape index (κ1) is 20.8. The van der Waals surface area contributed by atoms with E-state index in [1.54, 1.807) is 43.6 Å². The highest BCUT2D eigenvalue weighted by molar-refractivity contribution is 5.78. The molecule has 160 valence electrons. The zero-order valence-electron chi connectivity index (χ0n) is 16.6. The number of amides is 1. The smallest absolute Gasteiger partial charge is 0.349 e. The van der Waals surface area contributed by atoms with Crippen LogP contribution in [0.15, 0.2) is 54.9 Å². The molecule has 4 rings (SSSR count). The topological polar surface area (TPSA) is 79.8 Å². The van der Waals surface area contributed by atoms with Gasteiger partial charge in [0.05, 0.1) is 11.6 Å². The highest BCUT2D eigenvalue weighted by Crippen LogP contribution is 2.40. The summed E-state index contributed by atoms with van der Waals surface area (Å²) >= 11 is 0. The molecular weight excluding hydrogens is 407 g/mol. The van der Waals surface area contributed by atoms with Crippen LogP contribution in [0, 0.1) is 6.92 Å². The molecule has 0 saturated carbocycles. The van der Waals surface area contributed by atoms with E-state index in [0.29, 0.717) is 23.9 Å². The highest BCUT2D eigenvalue weighted by atomic mass is 19.4. The lowest BCUT2D eigenvalue weighted by atomic mass is 9.83. The summed E-state index contributed by atoms with van der Waals surface area (Å²) in [5.74, 6) is 1.20. The Bertz CT molecular complexity index is 1100. The monoisotopic (exact) mass is 427 g/mol. The molecule has 1 aliphatic heterocycles. The second-order valence-electron chi connectivity index (χ2n) is 7.43. The van der Waals surface area contributed by atoms with Crippen molar-refractivity contribution in [2.75, 3.05) is 5.32 Å². The number of halogens is 3. The summed E-state index contributed by atoms with van der Waals surface area (Å²) in [5.41, 5.74) is 0.182. The van der Waals surface area contributed by atoms with Crippen LogP contribution in [-0.2, 0) is 11.0 Å². The maximum Gasteiger partial charge on any atom is 0.416 e. The molecule has 1 amide bonds. The Morgan fingerprint density at radius 3 is 2.61 bits per heavy atom. The summed E-state index contributed by atoms with van der Waals surface area (Å²) in [5, 5.41) is 5.81. The van der Waals surface area contributed by atoms with Crippen molar-refractivity contribution in [2.24, 2.45) is 0 Å². The van der Waals surface area contributed by atoms with Gasteiger partial charge in [-0.3, -0.25) is 4.79 Å². The standard InChI is InChI=1S/C22H20F3N5O/c1-13-26-9-7-19(28-13)30-20-11-14(6-8-27-20)15-10-18(29-21(31)12-15)16-4-2-3-5-17(16)22(23,24)25/h2-9,11,15,18H,10,12H2,1H3,(H,29,31)(H,26,27,28,30). The molecule has 31 heavy (non-hydrogen) atoms. The van der Waals surface area contributed by atoms with E-state index in [1.165, 1.54) is 12.1 Å². The number of aromatic nitrogens is 3. The first-order valence-corrected chi connectivity index (χ1v) is 9.77. The van der Waals surface area contributed by atoms with Gasteiger partial charge in [0.25, 0.3) is 0 Å². The molecule has 1 aliphatic rings. The molecule has 1 saturated heterocycles. The summed E-state index contributed by atoms with van der Waals surface area (Å²) in [6.45, 7) is 1.77. The van der Waals surface area contributed by atoms with Gasteiger partial charge in [0, 0.05) is 18.8 Å². The van der Waals surface area contributed by atoms with E-state index in [-0.39, 0.29) is 23.8 Å². The molecule has 0 spiro atoms. The van der Waals surface area contributed by atoms with E-state index in [4.69, 9.17) is 0 Å². The third-order valence-corrected chi connectivity index (χ3v) is 5.22. The Labute approximate surface area is 177 Å². The van der Waals surface area contributed by atoms with Crippen molar-refractivity contribution in [3.8, 4) is 0 Å². The Kier molecular flexibility index (Phi) is 5.58. The van der Waals surface area contributed by atoms with E-state index in [0.717, 1.165) is 11.6 Å². The SMILES string of the molecule is Cc1nccc(Nc2cc(C3CC(=O)NC(c4ccccc4C(F)(F)F)C3)ccn2)n1. The molecule has 2 aromatic heterocycles. The molecule has 3 heterocycles. The summed E-state index contributed by atoms with van der Waals surface area (Å²) in [6, 6.07) is 9.94. The Balaban J connectivity index is 1.59. The van der Waals surface area contributed by atoms with Crippen LogP contribution in [0.3, 0.4) is 0 Å². The van der Waals surface area contributed by atoms with Crippen molar-refractivity contribution in [3.63, 3.8) is 0 Å². The van der Waals surface area contributed by atoms with Crippen LogP contribution >= 0.6 is 0 Å². The summed E-state index contributed by atoms with van der Waals surface area (Å²) in [6.07, 6.45) is -0.701. The van der Waals surface area contributed by atoms with Gasteiger partial charge in [-0.2, -0.15) is 13.2 Å². The minimum atomic E-state index is -4.49. The zero-order chi connectivity index (χ0) is 22.0. The molecule has 9 heteroatoms. The van der Waals surface area contributed by atoms with Gasteiger partial charge >= 0.3 is 6.18 Å². The molecule has 2 atom stereocenters. The molecule has 0 aliphatic carbocycles. The van der Waals surface area contributed by atoms with Crippen LogP contribution in [0.1, 0.15) is 47.3 Å². The maximum absolute atomic E-state index is 13.5. The third-order valence-electron chi connectivity index (χ3n) is 5.22.